The van der Waals surface area contributed by atoms with Crippen LogP contribution >= 0.6 is 0 Å². The molecule has 0 saturated carbocycles. The lowest BCUT2D eigenvalue weighted by Crippen LogP contribution is -2.23. The molecule has 0 unspecified atom stereocenters. The van der Waals surface area contributed by atoms with E-state index in [9.17, 15) is 9.59 Å². The predicted octanol–water partition coefficient (Wildman–Crippen LogP) is 2.05. The van der Waals surface area contributed by atoms with Crippen LogP contribution in [0.2, 0.25) is 0 Å². The zero-order valence-electron chi connectivity index (χ0n) is 8.74. The Morgan fingerprint density at radius 1 is 1.27 bits per heavy atom. The smallest absolute Gasteiger partial charge is 0.346 e. The Bertz CT molecular complexity index is 432. The monoisotopic (exact) mass is 204 g/mol. The van der Waals surface area contributed by atoms with E-state index in [-0.39, 0.29) is 6.42 Å². The zero-order chi connectivity index (χ0) is 11.0. The highest BCUT2D eigenvalue weighted by molar-refractivity contribution is 6.02. The third kappa shape index (κ3) is 1.77. The van der Waals surface area contributed by atoms with Gasteiger partial charge in [-0.3, -0.25) is 4.79 Å². The fraction of sp³-hybridized carbons (Fsp3) is 0.333. The Hall–Kier alpha value is -1.64. The van der Waals surface area contributed by atoms with Gasteiger partial charge in [0, 0.05) is 0 Å². The van der Waals surface area contributed by atoms with Crippen molar-refractivity contribution in [2.45, 2.75) is 26.2 Å². The molecular formula is C12H12O3. The quantitative estimate of drug-likeness (QED) is 0.519. The van der Waals surface area contributed by atoms with Crippen LogP contribution in [0, 0.1) is 0 Å². The molecule has 0 spiro atoms. The molecule has 1 aliphatic rings. The summed E-state index contributed by atoms with van der Waals surface area (Å²) < 4.78 is 4.54. The van der Waals surface area contributed by atoms with Crippen LogP contribution in [-0.4, -0.2) is 11.9 Å². The molecule has 3 nitrogen and oxygen atoms in total. The highest BCUT2D eigenvalue weighted by Crippen LogP contribution is 2.23. The van der Waals surface area contributed by atoms with E-state index in [0.29, 0.717) is 11.5 Å². The number of hydrogen-bond donors (Lipinski definition) is 0. The zero-order valence-corrected chi connectivity index (χ0v) is 8.74. The maximum Gasteiger partial charge on any atom is 0.346 e. The van der Waals surface area contributed by atoms with Crippen LogP contribution in [0.1, 0.15) is 41.3 Å². The number of carbonyl (C=O) groups is 2. The minimum absolute atomic E-state index is 0.196. The average molecular weight is 204 g/mol. The van der Waals surface area contributed by atoms with Gasteiger partial charge in [0.2, 0.25) is 0 Å². The van der Waals surface area contributed by atoms with Gasteiger partial charge < -0.3 is 4.74 Å². The summed E-state index contributed by atoms with van der Waals surface area (Å²) in [6.07, 6.45) is 0.196. The van der Waals surface area contributed by atoms with Gasteiger partial charge in [-0.1, -0.05) is 26.0 Å². The number of carbonyl (C=O) groups excluding carboxylic acids is 2. The van der Waals surface area contributed by atoms with Crippen LogP contribution in [0.15, 0.2) is 18.2 Å². The number of benzene rings is 1. The van der Waals surface area contributed by atoms with Crippen molar-refractivity contribution in [3.05, 3.63) is 34.9 Å². The summed E-state index contributed by atoms with van der Waals surface area (Å²) in [6, 6.07) is 5.55. The van der Waals surface area contributed by atoms with E-state index < -0.39 is 11.9 Å². The molecule has 0 aliphatic carbocycles. The third-order valence-corrected chi connectivity index (χ3v) is 2.56. The highest BCUT2D eigenvalue weighted by Gasteiger charge is 2.24. The maximum absolute atomic E-state index is 11.3. The summed E-state index contributed by atoms with van der Waals surface area (Å²) in [5, 5.41) is 0. The molecule has 1 heterocycles. The first-order chi connectivity index (χ1) is 7.08. The maximum atomic E-state index is 11.3. The van der Waals surface area contributed by atoms with Gasteiger partial charge in [-0.2, -0.15) is 0 Å². The second-order valence-corrected chi connectivity index (χ2v) is 4.01. The normalized spacial score (nSPS) is 15.1. The summed E-state index contributed by atoms with van der Waals surface area (Å²) in [4.78, 5) is 22.4. The lowest BCUT2D eigenvalue weighted by atomic mass is 9.95. The van der Waals surface area contributed by atoms with Crippen molar-refractivity contribution in [2.24, 2.45) is 0 Å². The molecule has 1 aliphatic heterocycles. The third-order valence-electron chi connectivity index (χ3n) is 2.56. The molecule has 2 rings (SSSR count). The van der Waals surface area contributed by atoms with Crippen molar-refractivity contribution in [2.75, 3.05) is 0 Å². The van der Waals surface area contributed by atoms with Gasteiger partial charge in [0.25, 0.3) is 0 Å². The second kappa shape index (κ2) is 3.50. The van der Waals surface area contributed by atoms with E-state index in [4.69, 9.17) is 0 Å². The highest BCUT2D eigenvalue weighted by atomic mass is 16.6. The molecule has 0 aromatic heterocycles. The number of ether oxygens (including phenoxy) is 1. The first-order valence-corrected chi connectivity index (χ1v) is 4.96. The average Bonchev–Trinajstić information content (AvgIpc) is 2.16. The Labute approximate surface area is 88.1 Å². The summed E-state index contributed by atoms with van der Waals surface area (Å²) in [5.74, 6) is -0.603. The number of fused-ring (bicyclic) bond motifs is 1. The predicted molar refractivity (Wildman–Crippen MR) is 54.7 cm³/mol. The molecular weight excluding hydrogens is 192 g/mol. The van der Waals surface area contributed by atoms with Crippen LogP contribution in [0.4, 0.5) is 0 Å². The second-order valence-electron chi connectivity index (χ2n) is 4.01. The molecule has 0 atom stereocenters. The summed E-state index contributed by atoms with van der Waals surface area (Å²) >= 11 is 0. The van der Waals surface area contributed by atoms with E-state index in [1.165, 1.54) is 0 Å². The minimum Gasteiger partial charge on any atom is -0.389 e. The molecule has 0 N–H and O–H groups in total. The van der Waals surface area contributed by atoms with Crippen molar-refractivity contribution in [1.82, 2.24) is 0 Å². The van der Waals surface area contributed by atoms with Gasteiger partial charge in [-0.15, -0.1) is 0 Å². The molecule has 15 heavy (non-hydrogen) atoms. The van der Waals surface area contributed by atoms with Gasteiger partial charge in [0.15, 0.2) is 0 Å². The molecule has 0 bridgehead atoms. The Balaban J connectivity index is 2.48. The van der Waals surface area contributed by atoms with E-state index in [1.54, 1.807) is 6.07 Å². The van der Waals surface area contributed by atoms with Gasteiger partial charge in [0.1, 0.15) is 0 Å². The van der Waals surface area contributed by atoms with E-state index in [2.05, 4.69) is 18.6 Å². The molecule has 1 aromatic rings. The van der Waals surface area contributed by atoms with Gasteiger partial charge in [-0.25, -0.2) is 4.79 Å². The van der Waals surface area contributed by atoms with Crippen molar-refractivity contribution >= 4 is 11.9 Å². The van der Waals surface area contributed by atoms with Crippen LogP contribution in [-0.2, 0) is 16.0 Å². The fourth-order valence-electron chi connectivity index (χ4n) is 1.67. The first kappa shape index (κ1) is 9.90. The Morgan fingerprint density at radius 2 is 2.00 bits per heavy atom. The number of cyclic esters (lactones) is 2. The van der Waals surface area contributed by atoms with Crippen LogP contribution in [0.5, 0.6) is 0 Å². The summed E-state index contributed by atoms with van der Waals surface area (Å²) in [5.41, 5.74) is 2.43. The lowest BCUT2D eigenvalue weighted by Gasteiger charge is -2.16. The SMILES string of the molecule is CC(C)c1ccc2c(c1)CC(=O)OC2=O. The molecule has 0 radical (unpaired) electrons. The van der Waals surface area contributed by atoms with Crippen LogP contribution in [0.3, 0.4) is 0 Å². The number of hydrogen-bond acceptors (Lipinski definition) is 3. The van der Waals surface area contributed by atoms with Crippen molar-refractivity contribution in [1.29, 1.82) is 0 Å². The fourth-order valence-corrected chi connectivity index (χ4v) is 1.67. The van der Waals surface area contributed by atoms with E-state index in [0.717, 1.165) is 11.1 Å². The molecule has 78 valence electrons. The molecule has 3 heteroatoms. The largest absolute Gasteiger partial charge is 0.389 e. The molecule has 1 aromatic carbocycles. The molecule has 0 amide bonds. The topological polar surface area (TPSA) is 43.4 Å². The van der Waals surface area contributed by atoms with Crippen molar-refractivity contribution < 1.29 is 14.3 Å². The van der Waals surface area contributed by atoms with Gasteiger partial charge >= 0.3 is 11.9 Å². The van der Waals surface area contributed by atoms with Crippen molar-refractivity contribution in [3.63, 3.8) is 0 Å². The first-order valence-electron chi connectivity index (χ1n) is 4.96. The van der Waals surface area contributed by atoms with Gasteiger partial charge in [0.05, 0.1) is 12.0 Å². The Morgan fingerprint density at radius 3 is 2.67 bits per heavy atom. The molecule has 0 saturated heterocycles. The van der Waals surface area contributed by atoms with E-state index >= 15 is 0 Å². The minimum atomic E-state index is -0.531. The van der Waals surface area contributed by atoms with E-state index in [1.807, 2.05) is 12.1 Å². The summed E-state index contributed by atoms with van der Waals surface area (Å²) in [7, 11) is 0. The van der Waals surface area contributed by atoms with Gasteiger partial charge in [-0.05, 0) is 23.1 Å². The standard InChI is InChI=1S/C12H12O3/c1-7(2)8-3-4-10-9(5-8)6-11(13)15-12(10)14/h3-5,7H,6H2,1-2H3. The Kier molecular flexibility index (Phi) is 2.31. The number of esters is 2. The lowest BCUT2D eigenvalue weighted by molar-refractivity contribution is -0.137. The van der Waals surface area contributed by atoms with Crippen LogP contribution < -0.4 is 0 Å². The van der Waals surface area contributed by atoms with Crippen LogP contribution in [0.25, 0.3) is 0 Å². The van der Waals surface area contributed by atoms with Crippen molar-refractivity contribution in [3.8, 4) is 0 Å². The number of rotatable bonds is 1. The molecule has 0 fully saturated rings. The summed E-state index contributed by atoms with van der Waals surface area (Å²) in [6.45, 7) is 4.15.